The van der Waals surface area contributed by atoms with Crippen LogP contribution in [0.3, 0.4) is 0 Å². The van der Waals surface area contributed by atoms with Crippen molar-refractivity contribution in [3.63, 3.8) is 0 Å². The summed E-state index contributed by atoms with van der Waals surface area (Å²) in [5.41, 5.74) is 1.77. The number of aromatic nitrogens is 2. The zero-order chi connectivity index (χ0) is 21.8. The topological polar surface area (TPSA) is 90.3 Å². The van der Waals surface area contributed by atoms with Crippen LogP contribution in [0.5, 0.6) is 0 Å². The van der Waals surface area contributed by atoms with Gasteiger partial charge in [-0.15, -0.1) is 11.3 Å². The fourth-order valence-corrected chi connectivity index (χ4v) is 4.90. The highest BCUT2D eigenvalue weighted by atomic mass is 32.2. The molecule has 1 aromatic carbocycles. The third-order valence-electron chi connectivity index (χ3n) is 4.56. The van der Waals surface area contributed by atoms with Crippen molar-refractivity contribution >= 4 is 50.9 Å². The standard InChI is InChI=1S/C21H23N3O4S2/c1-5-24-19(26)17-12(3)13(4)30-18(17)23-21(24)29-11-16(25)22-15-9-7-8-14(10-15)20(27)28-6-2/h7-10H,5-6,11H2,1-4H3,(H,22,25). The Morgan fingerprint density at radius 1 is 1.27 bits per heavy atom. The molecule has 0 atom stereocenters. The van der Waals surface area contributed by atoms with Crippen molar-refractivity contribution < 1.29 is 14.3 Å². The lowest BCUT2D eigenvalue weighted by atomic mass is 10.2. The van der Waals surface area contributed by atoms with Gasteiger partial charge >= 0.3 is 5.97 Å². The van der Waals surface area contributed by atoms with E-state index in [0.29, 0.717) is 33.2 Å². The van der Waals surface area contributed by atoms with Crippen LogP contribution in [0.1, 0.15) is 34.6 Å². The molecule has 2 aromatic heterocycles. The molecule has 30 heavy (non-hydrogen) atoms. The zero-order valence-electron chi connectivity index (χ0n) is 17.3. The summed E-state index contributed by atoms with van der Waals surface area (Å²) >= 11 is 2.71. The summed E-state index contributed by atoms with van der Waals surface area (Å²) in [5, 5.41) is 3.95. The number of anilines is 1. The molecule has 158 valence electrons. The summed E-state index contributed by atoms with van der Waals surface area (Å²) in [5.74, 6) is -0.601. The Labute approximate surface area is 182 Å². The number of hydrogen-bond acceptors (Lipinski definition) is 7. The van der Waals surface area contributed by atoms with E-state index in [-0.39, 0.29) is 23.8 Å². The number of hydrogen-bond donors (Lipinski definition) is 1. The van der Waals surface area contributed by atoms with Crippen molar-refractivity contribution in [2.75, 3.05) is 17.7 Å². The summed E-state index contributed by atoms with van der Waals surface area (Å²) in [6.07, 6.45) is 0. The highest BCUT2D eigenvalue weighted by Gasteiger charge is 2.17. The third kappa shape index (κ3) is 4.57. The highest BCUT2D eigenvalue weighted by molar-refractivity contribution is 7.99. The van der Waals surface area contributed by atoms with Crippen LogP contribution in [-0.2, 0) is 16.1 Å². The minimum atomic E-state index is -0.436. The minimum Gasteiger partial charge on any atom is -0.462 e. The van der Waals surface area contributed by atoms with Crippen LogP contribution in [0.2, 0.25) is 0 Å². The number of thioether (sulfide) groups is 1. The molecule has 9 heteroatoms. The first-order chi connectivity index (χ1) is 14.3. The number of carbonyl (C=O) groups is 2. The molecule has 3 rings (SSSR count). The Hall–Kier alpha value is -2.65. The number of carbonyl (C=O) groups excluding carboxylic acids is 2. The molecule has 0 spiro atoms. The van der Waals surface area contributed by atoms with Gasteiger partial charge in [-0.1, -0.05) is 17.8 Å². The van der Waals surface area contributed by atoms with Gasteiger partial charge in [0.25, 0.3) is 5.56 Å². The number of amides is 1. The molecule has 0 saturated carbocycles. The Bertz CT molecular complexity index is 1170. The summed E-state index contributed by atoms with van der Waals surface area (Å²) in [6.45, 7) is 8.28. The van der Waals surface area contributed by atoms with Gasteiger partial charge in [0.05, 0.1) is 23.3 Å². The average Bonchev–Trinajstić information content (AvgIpc) is 3.00. The van der Waals surface area contributed by atoms with Gasteiger partial charge in [-0.05, 0) is 51.5 Å². The van der Waals surface area contributed by atoms with Gasteiger partial charge in [-0.3, -0.25) is 14.2 Å². The van der Waals surface area contributed by atoms with Crippen LogP contribution in [-0.4, -0.2) is 33.8 Å². The molecule has 0 aliphatic heterocycles. The number of ether oxygens (including phenoxy) is 1. The van der Waals surface area contributed by atoms with Crippen LogP contribution >= 0.6 is 23.1 Å². The summed E-state index contributed by atoms with van der Waals surface area (Å²) in [6, 6.07) is 6.59. The fourth-order valence-electron chi connectivity index (χ4n) is 2.96. The molecule has 2 heterocycles. The van der Waals surface area contributed by atoms with E-state index in [0.717, 1.165) is 10.4 Å². The first kappa shape index (κ1) is 22.0. The molecule has 3 aromatic rings. The van der Waals surface area contributed by atoms with Gasteiger partial charge in [0.1, 0.15) is 4.83 Å². The van der Waals surface area contributed by atoms with E-state index in [9.17, 15) is 14.4 Å². The van der Waals surface area contributed by atoms with Gasteiger partial charge < -0.3 is 10.1 Å². The van der Waals surface area contributed by atoms with Crippen molar-refractivity contribution in [2.24, 2.45) is 0 Å². The third-order valence-corrected chi connectivity index (χ3v) is 6.64. The van der Waals surface area contributed by atoms with Crippen LogP contribution in [0, 0.1) is 13.8 Å². The van der Waals surface area contributed by atoms with Crippen molar-refractivity contribution in [3.8, 4) is 0 Å². The van der Waals surface area contributed by atoms with E-state index in [2.05, 4.69) is 10.3 Å². The number of esters is 1. The predicted molar refractivity (Wildman–Crippen MR) is 121 cm³/mol. The second-order valence-electron chi connectivity index (χ2n) is 6.55. The summed E-state index contributed by atoms with van der Waals surface area (Å²) in [7, 11) is 0. The number of nitrogens with one attached hydrogen (secondary N) is 1. The van der Waals surface area contributed by atoms with E-state index >= 15 is 0 Å². The lowest BCUT2D eigenvalue weighted by Crippen LogP contribution is -2.23. The van der Waals surface area contributed by atoms with Gasteiger partial charge in [-0.2, -0.15) is 0 Å². The van der Waals surface area contributed by atoms with E-state index in [1.54, 1.807) is 35.8 Å². The number of aryl methyl sites for hydroxylation is 2. The lowest BCUT2D eigenvalue weighted by Gasteiger charge is -2.10. The van der Waals surface area contributed by atoms with Crippen molar-refractivity contribution in [3.05, 3.63) is 50.6 Å². The molecule has 7 nitrogen and oxygen atoms in total. The number of rotatable bonds is 7. The average molecular weight is 446 g/mol. The molecule has 0 aliphatic rings. The predicted octanol–water partition coefficient (Wildman–Crippen LogP) is 4.00. The number of benzene rings is 1. The van der Waals surface area contributed by atoms with Crippen molar-refractivity contribution in [1.82, 2.24) is 9.55 Å². The van der Waals surface area contributed by atoms with E-state index in [1.165, 1.54) is 23.1 Å². The normalized spacial score (nSPS) is 10.9. The number of fused-ring (bicyclic) bond motifs is 1. The molecule has 0 aliphatic carbocycles. The van der Waals surface area contributed by atoms with E-state index in [1.807, 2.05) is 20.8 Å². The van der Waals surface area contributed by atoms with E-state index < -0.39 is 5.97 Å². The Kier molecular flexibility index (Phi) is 6.94. The van der Waals surface area contributed by atoms with Gasteiger partial charge in [0.15, 0.2) is 5.16 Å². The maximum absolute atomic E-state index is 12.9. The first-order valence-electron chi connectivity index (χ1n) is 9.56. The van der Waals surface area contributed by atoms with Gasteiger partial charge in [0.2, 0.25) is 5.91 Å². The Morgan fingerprint density at radius 2 is 2.03 bits per heavy atom. The van der Waals surface area contributed by atoms with Crippen LogP contribution < -0.4 is 10.9 Å². The summed E-state index contributed by atoms with van der Waals surface area (Å²) < 4.78 is 6.58. The quantitative estimate of drug-likeness (QED) is 0.336. The molecule has 1 amide bonds. The zero-order valence-corrected chi connectivity index (χ0v) is 18.9. The number of nitrogens with zero attached hydrogens (tertiary/aromatic N) is 2. The Morgan fingerprint density at radius 3 is 2.73 bits per heavy atom. The SMILES string of the molecule is CCOC(=O)c1cccc(NC(=O)CSc2nc3sc(C)c(C)c3c(=O)n2CC)c1. The van der Waals surface area contributed by atoms with Crippen molar-refractivity contribution in [2.45, 2.75) is 39.4 Å². The largest absolute Gasteiger partial charge is 0.462 e. The van der Waals surface area contributed by atoms with Gasteiger partial charge in [0, 0.05) is 17.1 Å². The van der Waals surface area contributed by atoms with Crippen LogP contribution in [0.4, 0.5) is 5.69 Å². The Balaban J connectivity index is 1.75. The fraction of sp³-hybridized carbons (Fsp3) is 0.333. The molecular formula is C21H23N3O4S2. The smallest absolute Gasteiger partial charge is 0.338 e. The molecular weight excluding hydrogens is 422 g/mol. The molecule has 0 unspecified atom stereocenters. The monoisotopic (exact) mass is 445 g/mol. The molecule has 0 bridgehead atoms. The molecule has 0 fully saturated rings. The molecule has 1 N–H and O–H groups in total. The van der Waals surface area contributed by atoms with Crippen molar-refractivity contribution in [1.29, 1.82) is 0 Å². The summed E-state index contributed by atoms with van der Waals surface area (Å²) in [4.78, 5) is 43.6. The lowest BCUT2D eigenvalue weighted by molar-refractivity contribution is -0.113. The van der Waals surface area contributed by atoms with Crippen LogP contribution in [0.15, 0.2) is 34.2 Å². The second-order valence-corrected chi connectivity index (χ2v) is 8.69. The molecule has 0 saturated heterocycles. The van der Waals surface area contributed by atoms with Crippen LogP contribution in [0.25, 0.3) is 10.2 Å². The highest BCUT2D eigenvalue weighted by Crippen LogP contribution is 2.28. The maximum Gasteiger partial charge on any atom is 0.338 e. The maximum atomic E-state index is 12.9. The van der Waals surface area contributed by atoms with Gasteiger partial charge in [-0.25, -0.2) is 9.78 Å². The minimum absolute atomic E-state index is 0.0746. The second kappa shape index (κ2) is 9.44. The first-order valence-corrected chi connectivity index (χ1v) is 11.4. The van der Waals surface area contributed by atoms with E-state index in [4.69, 9.17) is 4.74 Å². The number of thiophene rings is 1. The molecule has 0 radical (unpaired) electrons.